The van der Waals surface area contributed by atoms with Gasteiger partial charge in [0.1, 0.15) is 12.0 Å². The molecule has 2 atom stereocenters. The number of aliphatic imine (C=N–C) groups is 1. The number of aliphatic hydroxyl groups excluding tert-OH is 1. The summed E-state index contributed by atoms with van der Waals surface area (Å²) >= 11 is 13.9. The van der Waals surface area contributed by atoms with Crippen LogP contribution in [0.2, 0.25) is 10.0 Å². The van der Waals surface area contributed by atoms with E-state index >= 15 is 0 Å². The Labute approximate surface area is 310 Å². The molecule has 1 aliphatic carbocycles. The molecule has 1 aromatic heterocycles. The molecule has 2 aromatic carbocycles. The normalized spacial score (nSPS) is 21.1. The fourth-order valence-corrected chi connectivity index (χ4v) is 8.34. The SMILES string of the molecule is C=C(Nc1cccc(-c2cccc(NC(=O)C(C)=NC3=C(C)CCNC3)c2Cl)c1Cl)c1nc2c(n1C)CCN(CC1(CCO)CCC(C=O)C1)C2. The molecular formula is C39H47Cl2N7O3. The summed E-state index contributed by atoms with van der Waals surface area (Å²) in [4.78, 5) is 36.6. The number of hydrogen-bond acceptors (Lipinski definition) is 8. The molecule has 270 valence electrons. The van der Waals surface area contributed by atoms with Crippen LogP contribution in [0.4, 0.5) is 11.4 Å². The second-order valence-electron chi connectivity index (χ2n) is 14.2. The van der Waals surface area contributed by atoms with Crippen LogP contribution < -0.4 is 16.0 Å². The van der Waals surface area contributed by atoms with E-state index in [9.17, 15) is 14.7 Å². The topological polar surface area (TPSA) is 124 Å². The highest BCUT2D eigenvalue weighted by Crippen LogP contribution is 2.45. The largest absolute Gasteiger partial charge is 0.396 e. The van der Waals surface area contributed by atoms with Gasteiger partial charge in [-0.05, 0) is 75.6 Å². The third-order valence-electron chi connectivity index (χ3n) is 10.7. The van der Waals surface area contributed by atoms with Gasteiger partial charge in [0.2, 0.25) is 0 Å². The first-order valence-corrected chi connectivity index (χ1v) is 18.4. The predicted octanol–water partition coefficient (Wildman–Crippen LogP) is 6.87. The predicted molar refractivity (Wildman–Crippen MR) is 206 cm³/mol. The Bertz CT molecular complexity index is 1900. The first-order chi connectivity index (χ1) is 24.5. The zero-order chi connectivity index (χ0) is 36.3. The second-order valence-corrected chi connectivity index (χ2v) is 15.0. The number of carbonyl (C=O) groups is 2. The summed E-state index contributed by atoms with van der Waals surface area (Å²) in [6.07, 6.45) is 6.24. The molecule has 0 bridgehead atoms. The van der Waals surface area contributed by atoms with Crippen molar-refractivity contribution in [3.63, 3.8) is 0 Å². The third-order valence-corrected chi connectivity index (χ3v) is 11.5. The summed E-state index contributed by atoms with van der Waals surface area (Å²) in [6, 6.07) is 11.1. The van der Waals surface area contributed by atoms with Gasteiger partial charge in [-0.25, -0.2) is 4.98 Å². The van der Waals surface area contributed by atoms with E-state index in [-0.39, 0.29) is 23.8 Å². The Hall–Kier alpha value is -3.80. The number of anilines is 2. The van der Waals surface area contributed by atoms with Crippen molar-refractivity contribution in [2.75, 3.05) is 43.4 Å². The van der Waals surface area contributed by atoms with Crippen molar-refractivity contribution in [1.29, 1.82) is 0 Å². The molecule has 1 saturated carbocycles. The summed E-state index contributed by atoms with van der Waals surface area (Å²) in [7, 11) is 2.01. The van der Waals surface area contributed by atoms with Crippen molar-refractivity contribution in [2.45, 2.75) is 58.9 Å². The molecule has 2 aliphatic heterocycles. The highest BCUT2D eigenvalue weighted by atomic mass is 35.5. The lowest BCUT2D eigenvalue weighted by Crippen LogP contribution is -2.40. The number of imidazole rings is 1. The molecule has 3 heterocycles. The lowest BCUT2D eigenvalue weighted by molar-refractivity contribution is -0.111. The maximum Gasteiger partial charge on any atom is 0.269 e. The number of nitrogens with one attached hydrogen (secondary N) is 3. The average Bonchev–Trinajstić information content (AvgIpc) is 3.67. The van der Waals surface area contributed by atoms with Crippen LogP contribution >= 0.6 is 23.2 Å². The number of halogens is 2. The van der Waals surface area contributed by atoms with E-state index in [4.69, 9.17) is 28.2 Å². The molecule has 0 saturated heterocycles. The number of amides is 1. The van der Waals surface area contributed by atoms with Crippen LogP contribution in [-0.4, -0.2) is 70.2 Å². The van der Waals surface area contributed by atoms with Gasteiger partial charge in [-0.3, -0.25) is 14.7 Å². The summed E-state index contributed by atoms with van der Waals surface area (Å²) in [5, 5.41) is 20.2. The summed E-state index contributed by atoms with van der Waals surface area (Å²) < 4.78 is 2.10. The molecule has 1 fully saturated rings. The van der Waals surface area contributed by atoms with Crippen LogP contribution in [0.15, 0.2) is 59.2 Å². The van der Waals surface area contributed by atoms with Crippen molar-refractivity contribution in [3.05, 3.63) is 81.5 Å². The van der Waals surface area contributed by atoms with E-state index in [1.807, 2.05) is 44.3 Å². The maximum absolute atomic E-state index is 13.1. The number of benzene rings is 2. The molecule has 2 unspecified atom stereocenters. The third kappa shape index (κ3) is 8.00. The Kier molecular flexibility index (Phi) is 11.5. The molecule has 4 N–H and O–H groups in total. The van der Waals surface area contributed by atoms with Gasteiger partial charge < -0.3 is 30.4 Å². The molecule has 1 amide bonds. The second kappa shape index (κ2) is 15.8. The molecule has 3 aliphatic rings. The van der Waals surface area contributed by atoms with E-state index in [0.29, 0.717) is 63.5 Å². The highest BCUT2D eigenvalue weighted by Gasteiger charge is 2.40. The number of hydrogen-bond donors (Lipinski definition) is 4. The van der Waals surface area contributed by atoms with Crippen LogP contribution in [-0.2, 0) is 29.6 Å². The zero-order valence-electron chi connectivity index (χ0n) is 29.6. The molecular weight excluding hydrogens is 685 g/mol. The standard InChI is InChI=1S/C39H47Cl2N7O3/c1-24-12-16-42-20-32(24)44-26(3)38(51)46-31-10-6-8-29(36(31)41)28-7-5-9-30(35(28)40)43-25(2)37-45-33-21-48(17-13-34(33)47(37)4)23-39(15-18-49)14-11-27(19-39)22-50/h5-10,22,27,42-43,49H,2,11-21,23H2,1,3-4H3,(H,46,51). The molecule has 3 aromatic rings. The van der Waals surface area contributed by atoms with Crippen LogP contribution in [0.1, 0.15) is 63.2 Å². The van der Waals surface area contributed by atoms with Crippen LogP contribution in [0.5, 0.6) is 0 Å². The van der Waals surface area contributed by atoms with Gasteiger partial charge in [0.25, 0.3) is 5.91 Å². The van der Waals surface area contributed by atoms with Crippen molar-refractivity contribution in [2.24, 2.45) is 23.4 Å². The van der Waals surface area contributed by atoms with Crippen LogP contribution in [0.25, 0.3) is 16.8 Å². The minimum atomic E-state index is -0.326. The first-order valence-electron chi connectivity index (χ1n) is 17.6. The van der Waals surface area contributed by atoms with Crippen LogP contribution in [0, 0.1) is 11.3 Å². The Morgan fingerprint density at radius 3 is 2.51 bits per heavy atom. The van der Waals surface area contributed by atoms with Gasteiger partial charge in [0.05, 0.1) is 38.5 Å². The summed E-state index contributed by atoms with van der Waals surface area (Å²) in [5.74, 6) is 0.484. The van der Waals surface area contributed by atoms with Crippen LogP contribution in [0.3, 0.4) is 0 Å². The van der Waals surface area contributed by atoms with E-state index in [0.717, 1.165) is 75.2 Å². The van der Waals surface area contributed by atoms with Crippen molar-refractivity contribution >= 4 is 58.2 Å². The van der Waals surface area contributed by atoms with E-state index in [1.165, 1.54) is 11.3 Å². The van der Waals surface area contributed by atoms with E-state index in [1.54, 1.807) is 13.0 Å². The number of aldehydes is 1. The van der Waals surface area contributed by atoms with Gasteiger partial charge in [0.15, 0.2) is 5.82 Å². The number of nitrogens with zero attached hydrogens (tertiary/aromatic N) is 4. The number of fused-ring (bicyclic) bond motifs is 1. The van der Waals surface area contributed by atoms with Crippen molar-refractivity contribution < 1.29 is 14.7 Å². The number of aliphatic hydroxyl groups is 1. The zero-order valence-corrected chi connectivity index (χ0v) is 31.1. The lowest BCUT2D eigenvalue weighted by Gasteiger charge is -2.37. The Balaban J connectivity index is 1.16. The summed E-state index contributed by atoms with van der Waals surface area (Å²) in [5.41, 5.74) is 7.67. The van der Waals surface area contributed by atoms with Gasteiger partial charge in [-0.1, -0.05) is 54.0 Å². The Morgan fingerprint density at radius 2 is 1.86 bits per heavy atom. The fraction of sp³-hybridized carbons (Fsp3) is 0.436. The molecule has 10 nitrogen and oxygen atoms in total. The first kappa shape index (κ1) is 37.0. The monoisotopic (exact) mass is 731 g/mol. The number of rotatable bonds is 12. The molecule has 0 radical (unpaired) electrons. The maximum atomic E-state index is 13.1. The van der Waals surface area contributed by atoms with E-state index in [2.05, 4.69) is 37.0 Å². The van der Waals surface area contributed by atoms with Crippen molar-refractivity contribution in [1.82, 2.24) is 19.8 Å². The van der Waals surface area contributed by atoms with Gasteiger partial charge in [-0.15, -0.1) is 0 Å². The summed E-state index contributed by atoms with van der Waals surface area (Å²) in [6.45, 7) is 12.2. The fourth-order valence-electron chi connectivity index (χ4n) is 7.79. The average molecular weight is 733 g/mol. The quantitative estimate of drug-likeness (QED) is 0.118. The molecule has 6 rings (SSSR count). The van der Waals surface area contributed by atoms with Gasteiger partial charge in [-0.2, -0.15) is 0 Å². The number of carbonyl (C=O) groups excluding carboxylic acids is 2. The number of aromatic nitrogens is 2. The lowest BCUT2D eigenvalue weighted by atomic mass is 9.81. The molecule has 12 heteroatoms. The minimum absolute atomic E-state index is 0.0345. The van der Waals surface area contributed by atoms with E-state index < -0.39 is 0 Å². The van der Waals surface area contributed by atoms with Gasteiger partial charge >= 0.3 is 0 Å². The molecule has 51 heavy (non-hydrogen) atoms. The van der Waals surface area contributed by atoms with Crippen molar-refractivity contribution in [3.8, 4) is 11.1 Å². The minimum Gasteiger partial charge on any atom is -0.396 e. The molecule has 0 spiro atoms. The smallest absolute Gasteiger partial charge is 0.269 e. The Morgan fingerprint density at radius 1 is 1.16 bits per heavy atom. The highest BCUT2D eigenvalue weighted by molar-refractivity contribution is 6.44. The van der Waals surface area contributed by atoms with Gasteiger partial charge in [0, 0.05) is 69.0 Å².